The van der Waals surface area contributed by atoms with Crippen molar-refractivity contribution in [1.29, 1.82) is 0 Å². The van der Waals surface area contributed by atoms with Crippen molar-refractivity contribution >= 4 is 45.1 Å². The number of nitrogen functional groups attached to an aromatic ring is 1. The van der Waals surface area contributed by atoms with E-state index >= 15 is 0 Å². The fourth-order valence-electron chi connectivity index (χ4n) is 10.5. The number of benzene rings is 2. The fourth-order valence-corrected chi connectivity index (χ4v) is 11.7. The van der Waals surface area contributed by atoms with E-state index in [-0.39, 0.29) is 40.8 Å². The van der Waals surface area contributed by atoms with E-state index in [1.54, 1.807) is 34.7 Å². The summed E-state index contributed by atoms with van der Waals surface area (Å²) in [6.07, 6.45) is 7.50. The molecule has 0 bridgehead atoms. The summed E-state index contributed by atoms with van der Waals surface area (Å²) in [6, 6.07) is 12.1. The van der Waals surface area contributed by atoms with E-state index in [4.69, 9.17) is 20.4 Å². The van der Waals surface area contributed by atoms with Crippen molar-refractivity contribution < 1.29 is 24.5 Å². The number of hydrogen-bond acceptors (Lipinski definition) is 15. The van der Waals surface area contributed by atoms with Crippen molar-refractivity contribution in [3.05, 3.63) is 81.5 Å². The van der Waals surface area contributed by atoms with Crippen molar-refractivity contribution in [1.82, 2.24) is 44.4 Å². The minimum Gasteiger partial charge on any atom is -0.508 e. The van der Waals surface area contributed by atoms with Gasteiger partial charge >= 0.3 is 0 Å². The van der Waals surface area contributed by atoms with Crippen LogP contribution >= 0.6 is 11.3 Å². The van der Waals surface area contributed by atoms with Crippen LogP contribution < -0.4 is 10.6 Å². The van der Waals surface area contributed by atoms with E-state index in [9.17, 15) is 19.8 Å². The average Bonchev–Trinajstić information content (AvgIpc) is 3.96. The van der Waals surface area contributed by atoms with E-state index in [0.29, 0.717) is 49.6 Å². The van der Waals surface area contributed by atoms with Gasteiger partial charge in [0.2, 0.25) is 11.9 Å². The topological polar surface area (TPSA) is 181 Å². The number of amides is 2. The Balaban J connectivity index is 0.672. The summed E-state index contributed by atoms with van der Waals surface area (Å²) in [5.74, 6) is 1.78. The summed E-state index contributed by atoms with van der Waals surface area (Å²) in [5, 5.41) is 20.8. The molecule has 4 fully saturated rings. The first-order valence-electron chi connectivity index (χ1n) is 23.7. The summed E-state index contributed by atoms with van der Waals surface area (Å²) in [7, 11) is 0. The second-order valence-corrected chi connectivity index (χ2v) is 20.1. The normalized spacial score (nSPS) is 19.6. The van der Waals surface area contributed by atoms with E-state index in [1.165, 1.54) is 16.5 Å². The predicted molar refractivity (Wildman–Crippen MR) is 254 cm³/mol. The summed E-state index contributed by atoms with van der Waals surface area (Å²) in [6.45, 7) is 16.7. The van der Waals surface area contributed by atoms with Gasteiger partial charge in [0.25, 0.3) is 5.91 Å². The quantitative estimate of drug-likeness (QED) is 0.165. The molecule has 0 radical (unpaired) electrons. The van der Waals surface area contributed by atoms with Crippen molar-refractivity contribution in [2.24, 2.45) is 5.92 Å². The minimum atomic E-state index is -0.239. The predicted octanol–water partition coefficient (Wildman–Crippen LogP) is 5.28. The first-order chi connectivity index (χ1) is 32.0. The van der Waals surface area contributed by atoms with E-state index in [2.05, 4.69) is 58.7 Å². The highest BCUT2D eigenvalue weighted by Crippen LogP contribution is 2.37. The van der Waals surface area contributed by atoms with E-state index in [0.717, 1.165) is 137 Å². The number of carbonyl (C=O) groups is 2. The first-order valence-corrected chi connectivity index (χ1v) is 24.5. The van der Waals surface area contributed by atoms with Crippen LogP contribution in [0.15, 0.2) is 48.8 Å². The lowest BCUT2D eigenvalue weighted by molar-refractivity contribution is -0.139. The average molecular weight is 916 g/mol. The Morgan fingerprint density at radius 3 is 2.23 bits per heavy atom. The van der Waals surface area contributed by atoms with Gasteiger partial charge < -0.3 is 40.3 Å². The smallest absolute Gasteiger partial charge is 0.258 e. The van der Waals surface area contributed by atoms with Gasteiger partial charge in [0, 0.05) is 114 Å². The van der Waals surface area contributed by atoms with E-state index < -0.39 is 0 Å². The third-order valence-corrected chi connectivity index (χ3v) is 15.4. The molecule has 4 saturated heterocycles. The molecule has 0 atom stereocenters. The van der Waals surface area contributed by atoms with Gasteiger partial charge in [-0.05, 0) is 79.1 Å². The number of ether oxygens (including phenoxy) is 1. The molecule has 348 valence electrons. The lowest BCUT2D eigenvalue weighted by atomic mass is 9.92. The molecule has 5 aliphatic heterocycles. The molecule has 10 rings (SSSR count). The van der Waals surface area contributed by atoms with Crippen LogP contribution in [-0.4, -0.2) is 151 Å². The number of carbonyl (C=O) groups excluding carboxylic acids is 2. The minimum absolute atomic E-state index is 0.00203. The molecule has 2 aromatic carbocycles. The SMILES string of the molecule is CC(C)c1cc(C(=O)N2Cc3ccc(CN4CCN(C(=O)C5CCN(C6CCN(Cc7cc8nc(-c9cnc(N)nc9)nc(N9CCOCC9)c8s7)CC6)CC5)CC4)cc3C2)c(O)cc1O. The number of aromatic nitrogens is 4. The summed E-state index contributed by atoms with van der Waals surface area (Å²) in [4.78, 5) is 60.7. The second kappa shape index (κ2) is 19.0. The van der Waals surface area contributed by atoms with Gasteiger partial charge in [-0.2, -0.15) is 0 Å². The zero-order valence-electron chi connectivity index (χ0n) is 38.1. The maximum Gasteiger partial charge on any atom is 0.258 e. The Labute approximate surface area is 390 Å². The molecular formula is C49H61N11O5S. The zero-order valence-corrected chi connectivity index (χ0v) is 38.9. The molecule has 2 amide bonds. The molecule has 16 nitrogen and oxygen atoms in total. The summed E-state index contributed by atoms with van der Waals surface area (Å²) in [5.41, 5.74) is 11.8. The fraction of sp³-hybridized carbons (Fsp3) is 0.510. The van der Waals surface area contributed by atoms with Crippen LogP contribution in [-0.2, 0) is 35.7 Å². The molecule has 5 aliphatic rings. The van der Waals surface area contributed by atoms with Crippen LogP contribution in [0.1, 0.15) is 82.9 Å². The number of thiophene rings is 1. The molecular weight excluding hydrogens is 855 g/mol. The van der Waals surface area contributed by atoms with E-state index in [1.807, 2.05) is 13.8 Å². The maximum absolute atomic E-state index is 13.8. The monoisotopic (exact) mass is 915 g/mol. The van der Waals surface area contributed by atoms with Crippen LogP contribution in [0.2, 0.25) is 0 Å². The maximum atomic E-state index is 13.8. The van der Waals surface area contributed by atoms with Gasteiger partial charge in [-0.15, -0.1) is 11.3 Å². The molecule has 0 aliphatic carbocycles. The molecule has 17 heteroatoms. The Kier molecular flexibility index (Phi) is 12.8. The third-order valence-electron chi connectivity index (χ3n) is 14.3. The molecule has 0 spiro atoms. The summed E-state index contributed by atoms with van der Waals surface area (Å²) < 4.78 is 6.76. The molecule has 0 saturated carbocycles. The van der Waals surface area contributed by atoms with Crippen molar-refractivity contribution in [3.63, 3.8) is 0 Å². The number of nitrogens with two attached hydrogens (primary N) is 1. The number of rotatable bonds is 10. The lowest BCUT2D eigenvalue weighted by Gasteiger charge is -2.43. The van der Waals surface area contributed by atoms with Gasteiger partial charge in [0.1, 0.15) is 11.5 Å². The number of piperidine rings is 2. The number of likely N-dealkylation sites (tertiary alicyclic amines) is 2. The number of aromatic hydroxyl groups is 2. The largest absolute Gasteiger partial charge is 0.508 e. The van der Waals surface area contributed by atoms with Crippen molar-refractivity contribution in [2.45, 2.75) is 77.7 Å². The van der Waals surface area contributed by atoms with Gasteiger partial charge in [0.05, 0.1) is 34.6 Å². The lowest BCUT2D eigenvalue weighted by Crippen LogP contribution is -2.52. The first kappa shape index (κ1) is 44.4. The standard InChI is InChI=1S/C49H61N11O5S/c1-31(2)39-23-40(43(62)24-42(39)61)48(64)60-28-34-4-3-32(21-35(34)29-60)27-56-13-15-59(16-14-56)47(63)33-5-11-57(12-6-33)37-7-9-55(10-8-37)30-38-22-41-44(66-38)46(58-17-19-65-20-18-58)54-45(53-41)36-25-51-49(50)52-26-36/h3-4,21-26,31,33,37,61-62H,5-20,27-30H2,1-2H3,(H2,50,51,52). The van der Waals surface area contributed by atoms with Crippen LogP contribution in [0.5, 0.6) is 11.5 Å². The van der Waals surface area contributed by atoms with Crippen molar-refractivity contribution in [3.8, 4) is 22.9 Å². The number of morpholine rings is 1. The number of anilines is 2. The third kappa shape index (κ3) is 9.41. The van der Waals surface area contributed by atoms with Gasteiger partial charge in [-0.25, -0.2) is 19.9 Å². The van der Waals surface area contributed by atoms with Crippen LogP contribution in [0.4, 0.5) is 11.8 Å². The molecule has 4 N–H and O–H groups in total. The number of fused-ring (bicyclic) bond motifs is 2. The molecule has 5 aromatic rings. The van der Waals surface area contributed by atoms with Gasteiger partial charge in [-0.3, -0.25) is 19.4 Å². The zero-order chi connectivity index (χ0) is 45.5. The molecule has 8 heterocycles. The molecule has 0 unspecified atom stereocenters. The Morgan fingerprint density at radius 2 is 1.50 bits per heavy atom. The molecule has 66 heavy (non-hydrogen) atoms. The summed E-state index contributed by atoms with van der Waals surface area (Å²) >= 11 is 1.80. The van der Waals surface area contributed by atoms with Crippen molar-refractivity contribution in [2.75, 3.05) is 89.3 Å². The van der Waals surface area contributed by atoms with Gasteiger partial charge in [0.15, 0.2) is 11.6 Å². The highest BCUT2D eigenvalue weighted by Gasteiger charge is 2.34. The number of hydrogen-bond donors (Lipinski definition) is 3. The Bertz CT molecular complexity index is 2560. The Morgan fingerprint density at radius 1 is 0.788 bits per heavy atom. The highest BCUT2D eigenvalue weighted by atomic mass is 32.1. The van der Waals surface area contributed by atoms with Crippen LogP contribution in [0, 0.1) is 5.92 Å². The number of piperazine rings is 1. The second-order valence-electron chi connectivity index (χ2n) is 19.0. The number of phenols is 2. The van der Waals surface area contributed by atoms with Crippen LogP contribution in [0.25, 0.3) is 21.6 Å². The van der Waals surface area contributed by atoms with Gasteiger partial charge in [-0.1, -0.05) is 32.0 Å². The van der Waals surface area contributed by atoms with Crippen LogP contribution in [0.3, 0.4) is 0 Å². The highest BCUT2D eigenvalue weighted by molar-refractivity contribution is 7.19. The Hall–Kier alpha value is -5.46. The molecule has 3 aromatic heterocycles. The number of phenolic OH excluding ortho intramolecular Hbond substituents is 2. The number of nitrogens with zero attached hydrogens (tertiary/aromatic N) is 10.